The van der Waals surface area contributed by atoms with Crippen LogP contribution in [0.1, 0.15) is 17.7 Å². The number of rotatable bonds is 5. The molecular formula is C13H17N3O. The quantitative estimate of drug-likeness (QED) is 0.845. The smallest absolute Gasteiger partial charge is 0.0650 e. The zero-order valence-corrected chi connectivity index (χ0v) is 9.95. The molecule has 2 rings (SSSR count). The van der Waals surface area contributed by atoms with Crippen LogP contribution >= 0.6 is 0 Å². The van der Waals surface area contributed by atoms with E-state index in [1.54, 1.807) is 10.9 Å². The molecule has 1 atom stereocenters. The SMILES string of the molecule is Cn1ccc(CC(O)CCc2cccnc2)n1. The van der Waals surface area contributed by atoms with Gasteiger partial charge in [0.1, 0.15) is 0 Å². The van der Waals surface area contributed by atoms with Crippen LogP contribution < -0.4 is 0 Å². The predicted octanol–water partition coefficient (Wildman–Crippen LogP) is 1.35. The third-order valence-corrected chi connectivity index (χ3v) is 2.70. The molecule has 0 spiro atoms. The number of aliphatic hydroxyl groups is 1. The van der Waals surface area contributed by atoms with Crippen LogP contribution in [0.15, 0.2) is 36.8 Å². The van der Waals surface area contributed by atoms with Crippen molar-refractivity contribution in [3.05, 3.63) is 48.0 Å². The Bertz CT molecular complexity index is 453. The van der Waals surface area contributed by atoms with Crippen LogP contribution in [0.25, 0.3) is 0 Å². The number of pyridine rings is 1. The summed E-state index contributed by atoms with van der Waals surface area (Å²) in [5, 5.41) is 14.2. The molecule has 0 bridgehead atoms. The van der Waals surface area contributed by atoms with E-state index in [9.17, 15) is 5.11 Å². The van der Waals surface area contributed by atoms with Gasteiger partial charge >= 0.3 is 0 Å². The number of hydrogen-bond donors (Lipinski definition) is 1. The monoisotopic (exact) mass is 231 g/mol. The fourth-order valence-electron chi connectivity index (χ4n) is 1.79. The first-order valence-electron chi connectivity index (χ1n) is 5.79. The van der Waals surface area contributed by atoms with Crippen molar-refractivity contribution in [2.24, 2.45) is 7.05 Å². The van der Waals surface area contributed by atoms with Crippen molar-refractivity contribution in [3.8, 4) is 0 Å². The summed E-state index contributed by atoms with van der Waals surface area (Å²) in [6.07, 6.45) is 7.35. The lowest BCUT2D eigenvalue weighted by atomic mass is 10.1. The first-order chi connectivity index (χ1) is 8.24. The minimum atomic E-state index is -0.342. The Hall–Kier alpha value is -1.68. The van der Waals surface area contributed by atoms with Crippen molar-refractivity contribution in [1.82, 2.24) is 14.8 Å². The maximum atomic E-state index is 9.90. The van der Waals surface area contributed by atoms with Gasteiger partial charge in [-0.05, 0) is 30.5 Å². The molecular weight excluding hydrogens is 214 g/mol. The average Bonchev–Trinajstić information content (AvgIpc) is 2.73. The Morgan fingerprint density at radius 1 is 1.41 bits per heavy atom. The zero-order chi connectivity index (χ0) is 12.1. The summed E-state index contributed by atoms with van der Waals surface area (Å²) in [4.78, 5) is 4.05. The summed E-state index contributed by atoms with van der Waals surface area (Å²) in [6.45, 7) is 0. The number of aromatic nitrogens is 3. The molecule has 2 aromatic rings. The van der Waals surface area contributed by atoms with Gasteiger partial charge in [-0.3, -0.25) is 9.67 Å². The van der Waals surface area contributed by atoms with Gasteiger partial charge < -0.3 is 5.11 Å². The second kappa shape index (κ2) is 5.59. The van der Waals surface area contributed by atoms with Gasteiger partial charge in [-0.2, -0.15) is 5.10 Å². The third-order valence-electron chi connectivity index (χ3n) is 2.70. The lowest BCUT2D eigenvalue weighted by Crippen LogP contribution is -2.12. The highest BCUT2D eigenvalue weighted by Gasteiger charge is 2.07. The normalized spacial score (nSPS) is 12.6. The van der Waals surface area contributed by atoms with Gasteiger partial charge in [0, 0.05) is 32.1 Å². The highest BCUT2D eigenvalue weighted by molar-refractivity contribution is 5.09. The van der Waals surface area contributed by atoms with E-state index in [0.29, 0.717) is 6.42 Å². The number of hydrogen-bond acceptors (Lipinski definition) is 3. The second-order valence-electron chi connectivity index (χ2n) is 4.24. The van der Waals surface area contributed by atoms with E-state index < -0.39 is 0 Å². The topological polar surface area (TPSA) is 50.9 Å². The molecule has 0 aliphatic rings. The summed E-state index contributed by atoms with van der Waals surface area (Å²) < 4.78 is 1.75. The van der Waals surface area contributed by atoms with Crippen LogP contribution in [-0.2, 0) is 19.9 Å². The Morgan fingerprint density at radius 2 is 2.29 bits per heavy atom. The molecule has 0 aliphatic carbocycles. The molecule has 4 nitrogen and oxygen atoms in total. The Labute approximate surface area is 101 Å². The maximum absolute atomic E-state index is 9.90. The summed E-state index contributed by atoms with van der Waals surface area (Å²) in [5.41, 5.74) is 2.10. The van der Waals surface area contributed by atoms with Gasteiger partial charge in [-0.25, -0.2) is 0 Å². The lowest BCUT2D eigenvalue weighted by Gasteiger charge is -2.08. The van der Waals surface area contributed by atoms with E-state index in [1.165, 1.54) is 0 Å². The lowest BCUT2D eigenvalue weighted by molar-refractivity contribution is 0.164. The summed E-state index contributed by atoms with van der Waals surface area (Å²) in [7, 11) is 1.88. The highest BCUT2D eigenvalue weighted by Crippen LogP contribution is 2.07. The Kier molecular flexibility index (Phi) is 3.88. The fourth-order valence-corrected chi connectivity index (χ4v) is 1.79. The summed E-state index contributed by atoms with van der Waals surface area (Å²) in [5.74, 6) is 0. The number of aryl methyl sites for hydroxylation is 2. The molecule has 1 unspecified atom stereocenters. The van der Waals surface area contributed by atoms with Gasteiger partial charge in [0.15, 0.2) is 0 Å². The molecule has 2 aromatic heterocycles. The maximum Gasteiger partial charge on any atom is 0.0650 e. The molecule has 0 aliphatic heterocycles. The largest absolute Gasteiger partial charge is 0.393 e. The van der Waals surface area contributed by atoms with E-state index in [0.717, 1.165) is 24.1 Å². The van der Waals surface area contributed by atoms with Gasteiger partial charge in [0.25, 0.3) is 0 Å². The van der Waals surface area contributed by atoms with E-state index >= 15 is 0 Å². The van der Waals surface area contributed by atoms with Gasteiger partial charge in [0.2, 0.25) is 0 Å². The molecule has 4 heteroatoms. The molecule has 17 heavy (non-hydrogen) atoms. The Morgan fingerprint density at radius 3 is 2.94 bits per heavy atom. The molecule has 0 saturated heterocycles. The Balaban J connectivity index is 1.80. The predicted molar refractivity (Wildman–Crippen MR) is 65.5 cm³/mol. The molecule has 0 aromatic carbocycles. The molecule has 0 saturated carbocycles. The van der Waals surface area contributed by atoms with E-state index in [4.69, 9.17) is 0 Å². The minimum absolute atomic E-state index is 0.342. The van der Waals surface area contributed by atoms with Crippen LogP contribution in [0.3, 0.4) is 0 Å². The van der Waals surface area contributed by atoms with Crippen molar-refractivity contribution < 1.29 is 5.11 Å². The molecule has 0 fully saturated rings. The van der Waals surface area contributed by atoms with Gasteiger partial charge in [-0.1, -0.05) is 6.07 Å². The fraction of sp³-hybridized carbons (Fsp3) is 0.385. The van der Waals surface area contributed by atoms with Crippen molar-refractivity contribution in [2.75, 3.05) is 0 Å². The van der Waals surface area contributed by atoms with E-state index in [2.05, 4.69) is 10.1 Å². The zero-order valence-electron chi connectivity index (χ0n) is 9.95. The van der Waals surface area contributed by atoms with Crippen molar-refractivity contribution in [1.29, 1.82) is 0 Å². The third kappa shape index (κ3) is 3.67. The van der Waals surface area contributed by atoms with Crippen LogP contribution in [0.2, 0.25) is 0 Å². The number of aliphatic hydroxyl groups excluding tert-OH is 1. The first kappa shape index (κ1) is 11.8. The minimum Gasteiger partial charge on any atom is -0.393 e. The van der Waals surface area contributed by atoms with Crippen molar-refractivity contribution >= 4 is 0 Å². The molecule has 90 valence electrons. The standard InChI is InChI=1S/C13H17N3O/c1-16-8-6-12(15-16)9-13(17)5-4-11-3-2-7-14-10-11/h2-3,6-8,10,13,17H,4-5,9H2,1H3. The molecule has 2 heterocycles. The highest BCUT2D eigenvalue weighted by atomic mass is 16.3. The average molecular weight is 231 g/mol. The first-order valence-corrected chi connectivity index (χ1v) is 5.79. The van der Waals surface area contributed by atoms with E-state index in [-0.39, 0.29) is 6.10 Å². The van der Waals surface area contributed by atoms with Crippen LogP contribution in [0.5, 0.6) is 0 Å². The molecule has 0 amide bonds. The molecule has 1 N–H and O–H groups in total. The van der Waals surface area contributed by atoms with Crippen molar-refractivity contribution in [3.63, 3.8) is 0 Å². The summed E-state index contributed by atoms with van der Waals surface area (Å²) in [6, 6.07) is 5.88. The van der Waals surface area contributed by atoms with Gasteiger partial charge in [-0.15, -0.1) is 0 Å². The molecule has 0 radical (unpaired) electrons. The van der Waals surface area contributed by atoms with Crippen LogP contribution in [0, 0.1) is 0 Å². The van der Waals surface area contributed by atoms with Crippen LogP contribution in [0.4, 0.5) is 0 Å². The van der Waals surface area contributed by atoms with E-state index in [1.807, 2.05) is 37.6 Å². The van der Waals surface area contributed by atoms with Crippen LogP contribution in [-0.4, -0.2) is 26.0 Å². The second-order valence-corrected chi connectivity index (χ2v) is 4.24. The van der Waals surface area contributed by atoms with Crippen molar-refractivity contribution in [2.45, 2.75) is 25.4 Å². The summed E-state index contributed by atoms with van der Waals surface area (Å²) >= 11 is 0. The van der Waals surface area contributed by atoms with Gasteiger partial charge in [0.05, 0.1) is 11.8 Å². The number of nitrogens with zero attached hydrogens (tertiary/aromatic N) is 3.